The lowest BCUT2D eigenvalue weighted by Crippen LogP contribution is -2.45. The van der Waals surface area contributed by atoms with Gasteiger partial charge in [0.15, 0.2) is 0 Å². The van der Waals surface area contributed by atoms with Gasteiger partial charge in [-0.15, -0.1) is 12.4 Å². The molecule has 1 aliphatic heterocycles. The predicted octanol–water partition coefficient (Wildman–Crippen LogP) is 2.55. The van der Waals surface area contributed by atoms with E-state index in [0.29, 0.717) is 10.6 Å². The molecule has 1 atom stereocenters. The molecule has 0 bridgehead atoms. The molecule has 1 fully saturated rings. The van der Waals surface area contributed by atoms with Crippen LogP contribution in [0.2, 0.25) is 5.02 Å². The molecule has 1 aromatic rings. The summed E-state index contributed by atoms with van der Waals surface area (Å²) in [6.07, 6.45) is 2.13. The highest BCUT2D eigenvalue weighted by Gasteiger charge is 2.17. The lowest BCUT2D eigenvalue weighted by atomic mass is 10.1. The van der Waals surface area contributed by atoms with Crippen molar-refractivity contribution in [3.05, 3.63) is 34.3 Å². The highest BCUT2D eigenvalue weighted by Crippen LogP contribution is 2.17. The number of hydrogen-bond acceptors (Lipinski definition) is 2. The molecule has 0 saturated carbocycles. The fraction of sp³-hybridized carbons (Fsp3) is 0.462. The molecule has 2 N–H and O–H groups in total. The molecule has 18 heavy (non-hydrogen) atoms. The topological polar surface area (TPSA) is 41.1 Å². The first-order chi connectivity index (χ1) is 8.16. The average molecular weight is 289 g/mol. The number of benzene rings is 1. The summed E-state index contributed by atoms with van der Waals surface area (Å²) < 4.78 is 0. The van der Waals surface area contributed by atoms with Gasteiger partial charge in [0.2, 0.25) is 0 Å². The molecule has 1 aromatic carbocycles. The Hall–Kier alpha value is -0.770. The van der Waals surface area contributed by atoms with Gasteiger partial charge in [0.05, 0.1) is 10.6 Å². The second kappa shape index (κ2) is 6.98. The molecular weight excluding hydrogens is 271 g/mol. The number of piperidine rings is 1. The molecule has 3 nitrogen and oxygen atoms in total. The van der Waals surface area contributed by atoms with Gasteiger partial charge >= 0.3 is 0 Å². The maximum absolute atomic E-state index is 12.0. The monoisotopic (exact) mass is 288 g/mol. The molecule has 0 aliphatic carbocycles. The Bertz CT molecular complexity index is 417. The quantitative estimate of drug-likeness (QED) is 0.878. The van der Waals surface area contributed by atoms with E-state index in [1.165, 1.54) is 0 Å². The Morgan fingerprint density at radius 3 is 2.89 bits per heavy atom. The van der Waals surface area contributed by atoms with Gasteiger partial charge in [0.1, 0.15) is 0 Å². The summed E-state index contributed by atoms with van der Waals surface area (Å²) in [5, 5.41) is 6.80. The summed E-state index contributed by atoms with van der Waals surface area (Å²) >= 11 is 6.07. The first-order valence-electron chi connectivity index (χ1n) is 5.94. The first kappa shape index (κ1) is 15.3. The first-order valence-corrected chi connectivity index (χ1v) is 6.32. The van der Waals surface area contributed by atoms with Crippen LogP contribution in [0.15, 0.2) is 18.2 Å². The lowest BCUT2D eigenvalue weighted by molar-refractivity contribution is 0.0931. The van der Waals surface area contributed by atoms with Crippen molar-refractivity contribution in [1.82, 2.24) is 10.6 Å². The number of amides is 1. The van der Waals surface area contributed by atoms with Crippen molar-refractivity contribution in [2.75, 3.05) is 13.1 Å². The highest BCUT2D eigenvalue weighted by molar-refractivity contribution is 6.33. The zero-order chi connectivity index (χ0) is 12.3. The summed E-state index contributed by atoms with van der Waals surface area (Å²) in [5.41, 5.74) is 1.62. The van der Waals surface area contributed by atoms with Crippen molar-refractivity contribution in [1.29, 1.82) is 0 Å². The number of hydrogen-bond donors (Lipinski definition) is 2. The van der Waals surface area contributed by atoms with Crippen molar-refractivity contribution < 1.29 is 4.79 Å². The van der Waals surface area contributed by atoms with Crippen molar-refractivity contribution in [2.45, 2.75) is 25.8 Å². The van der Waals surface area contributed by atoms with E-state index in [-0.39, 0.29) is 24.4 Å². The summed E-state index contributed by atoms with van der Waals surface area (Å²) in [4.78, 5) is 12.0. The van der Waals surface area contributed by atoms with Crippen LogP contribution in [0.1, 0.15) is 28.8 Å². The maximum Gasteiger partial charge on any atom is 0.253 e. The van der Waals surface area contributed by atoms with E-state index in [9.17, 15) is 4.79 Å². The molecule has 1 amide bonds. The summed E-state index contributed by atoms with van der Waals surface area (Å²) in [6.45, 7) is 3.84. The van der Waals surface area contributed by atoms with Gasteiger partial charge in [-0.25, -0.2) is 0 Å². The third-order valence-corrected chi connectivity index (χ3v) is 3.31. The molecule has 1 aliphatic rings. The fourth-order valence-electron chi connectivity index (χ4n) is 2.04. The van der Waals surface area contributed by atoms with Crippen LogP contribution in [0.3, 0.4) is 0 Å². The molecule has 0 radical (unpaired) electrons. The average Bonchev–Trinajstić information content (AvgIpc) is 2.30. The van der Waals surface area contributed by atoms with Crippen LogP contribution in [-0.2, 0) is 0 Å². The SMILES string of the molecule is Cc1ccc(C(=O)NC2CCCNC2)c(Cl)c1.Cl. The fourth-order valence-corrected chi connectivity index (χ4v) is 2.36. The minimum atomic E-state index is -0.0799. The molecule has 1 unspecified atom stereocenters. The van der Waals surface area contributed by atoms with Gasteiger partial charge in [-0.2, -0.15) is 0 Å². The Kier molecular flexibility index (Phi) is 5.93. The van der Waals surface area contributed by atoms with Gasteiger partial charge < -0.3 is 10.6 Å². The summed E-state index contributed by atoms with van der Waals surface area (Å²) in [5.74, 6) is -0.0799. The van der Waals surface area contributed by atoms with Crippen LogP contribution in [-0.4, -0.2) is 25.0 Å². The van der Waals surface area contributed by atoms with Crippen molar-refractivity contribution in [3.8, 4) is 0 Å². The molecular formula is C13H18Cl2N2O. The Morgan fingerprint density at radius 2 is 2.28 bits per heavy atom. The van der Waals surface area contributed by atoms with E-state index >= 15 is 0 Å². The minimum Gasteiger partial charge on any atom is -0.348 e. The smallest absolute Gasteiger partial charge is 0.253 e. The van der Waals surface area contributed by atoms with E-state index in [0.717, 1.165) is 31.5 Å². The van der Waals surface area contributed by atoms with Crippen LogP contribution in [0.5, 0.6) is 0 Å². The maximum atomic E-state index is 12.0. The third-order valence-electron chi connectivity index (χ3n) is 3.00. The van der Waals surface area contributed by atoms with E-state index in [2.05, 4.69) is 10.6 Å². The molecule has 1 saturated heterocycles. The molecule has 0 aromatic heterocycles. The normalized spacial score (nSPS) is 18.9. The van der Waals surface area contributed by atoms with Crippen LogP contribution in [0, 0.1) is 6.92 Å². The van der Waals surface area contributed by atoms with Crippen LogP contribution >= 0.6 is 24.0 Å². The van der Waals surface area contributed by atoms with Crippen molar-refractivity contribution in [3.63, 3.8) is 0 Å². The van der Waals surface area contributed by atoms with Crippen molar-refractivity contribution in [2.24, 2.45) is 0 Å². The summed E-state index contributed by atoms with van der Waals surface area (Å²) in [6, 6.07) is 5.72. The molecule has 5 heteroatoms. The zero-order valence-corrected chi connectivity index (χ0v) is 11.9. The molecule has 100 valence electrons. The molecule has 0 spiro atoms. The van der Waals surface area contributed by atoms with Gasteiger partial charge in [-0.05, 0) is 44.0 Å². The Balaban J connectivity index is 0.00000162. The highest BCUT2D eigenvalue weighted by atomic mass is 35.5. The van der Waals surface area contributed by atoms with E-state index < -0.39 is 0 Å². The van der Waals surface area contributed by atoms with Gasteiger partial charge in [-0.1, -0.05) is 17.7 Å². The van der Waals surface area contributed by atoms with E-state index in [1.54, 1.807) is 6.07 Å². The number of aryl methyl sites for hydroxylation is 1. The van der Waals surface area contributed by atoms with E-state index in [1.807, 2.05) is 19.1 Å². The second-order valence-electron chi connectivity index (χ2n) is 4.50. The van der Waals surface area contributed by atoms with Crippen LogP contribution in [0.4, 0.5) is 0 Å². The van der Waals surface area contributed by atoms with Crippen LogP contribution < -0.4 is 10.6 Å². The van der Waals surface area contributed by atoms with Crippen LogP contribution in [0.25, 0.3) is 0 Å². The Morgan fingerprint density at radius 1 is 1.50 bits per heavy atom. The molecule has 2 rings (SSSR count). The van der Waals surface area contributed by atoms with E-state index in [4.69, 9.17) is 11.6 Å². The second-order valence-corrected chi connectivity index (χ2v) is 4.91. The standard InChI is InChI=1S/C13H17ClN2O.ClH/c1-9-4-5-11(12(14)7-9)13(17)16-10-3-2-6-15-8-10;/h4-5,7,10,15H,2-3,6,8H2,1H3,(H,16,17);1H. The minimum absolute atomic E-state index is 0. The zero-order valence-electron chi connectivity index (χ0n) is 10.3. The largest absolute Gasteiger partial charge is 0.348 e. The van der Waals surface area contributed by atoms with Crippen molar-refractivity contribution >= 4 is 29.9 Å². The summed E-state index contributed by atoms with van der Waals surface area (Å²) in [7, 11) is 0. The third kappa shape index (κ3) is 3.87. The number of rotatable bonds is 2. The van der Waals surface area contributed by atoms with Gasteiger partial charge in [-0.3, -0.25) is 4.79 Å². The number of carbonyl (C=O) groups excluding carboxylic acids is 1. The lowest BCUT2D eigenvalue weighted by Gasteiger charge is -2.24. The number of carbonyl (C=O) groups is 1. The van der Waals surface area contributed by atoms with Gasteiger partial charge in [0, 0.05) is 12.6 Å². The molecule has 1 heterocycles. The van der Waals surface area contributed by atoms with Gasteiger partial charge in [0.25, 0.3) is 5.91 Å². The number of nitrogens with one attached hydrogen (secondary N) is 2. The predicted molar refractivity (Wildman–Crippen MR) is 76.8 cm³/mol. The Labute approximate surface area is 119 Å². The number of halogens is 2.